The van der Waals surface area contributed by atoms with Crippen LogP contribution in [-0.2, 0) is 13.6 Å². The van der Waals surface area contributed by atoms with Gasteiger partial charge >= 0.3 is 0 Å². The first-order valence-corrected chi connectivity index (χ1v) is 8.45. The second kappa shape index (κ2) is 7.42. The second-order valence-corrected chi connectivity index (χ2v) is 6.21. The molecular formula is C17H22N6O2. The van der Waals surface area contributed by atoms with Crippen molar-refractivity contribution in [3.63, 3.8) is 0 Å². The summed E-state index contributed by atoms with van der Waals surface area (Å²) in [7, 11) is 1.51. The van der Waals surface area contributed by atoms with Crippen LogP contribution in [0.15, 0.2) is 23.0 Å². The monoisotopic (exact) mass is 342 g/mol. The van der Waals surface area contributed by atoms with Crippen LogP contribution in [0.25, 0.3) is 0 Å². The largest absolute Gasteiger partial charge is 0.345 e. The number of carbonyl (C=O) groups is 1. The molecule has 1 saturated heterocycles. The van der Waals surface area contributed by atoms with Gasteiger partial charge < -0.3 is 10.2 Å². The van der Waals surface area contributed by atoms with Crippen LogP contribution in [0, 0.1) is 6.92 Å². The number of rotatable bonds is 4. The first-order valence-electron chi connectivity index (χ1n) is 8.45. The van der Waals surface area contributed by atoms with Gasteiger partial charge in [0, 0.05) is 31.9 Å². The Labute approximate surface area is 145 Å². The molecule has 0 radical (unpaired) electrons. The molecule has 1 aliphatic heterocycles. The molecule has 1 amide bonds. The van der Waals surface area contributed by atoms with E-state index in [4.69, 9.17) is 0 Å². The highest BCUT2D eigenvalue weighted by molar-refractivity contribution is 5.91. The number of aryl methyl sites for hydroxylation is 2. The standard InChI is InChI=1S/C17H22N6O2/c1-12-10-13(20-17(19-12)23-8-4-3-5-9-23)11-18-16(25)14-6-7-15(24)22(2)21-14/h6-7,10H,3-5,8-9,11H2,1-2H3,(H,18,25). The molecule has 0 unspecified atom stereocenters. The molecule has 0 spiro atoms. The van der Waals surface area contributed by atoms with Crippen molar-refractivity contribution < 1.29 is 4.79 Å². The van der Waals surface area contributed by atoms with Gasteiger partial charge in [-0.2, -0.15) is 5.10 Å². The Morgan fingerprint density at radius 2 is 1.96 bits per heavy atom. The maximum absolute atomic E-state index is 12.2. The molecule has 1 N–H and O–H groups in total. The summed E-state index contributed by atoms with van der Waals surface area (Å²) < 4.78 is 1.14. The van der Waals surface area contributed by atoms with E-state index in [0.717, 1.165) is 47.9 Å². The maximum atomic E-state index is 12.2. The van der Waals surface area contributed by atoms with Gasteiger partial charge in [-0.05, 0) is 38.3 Å². The van der Waals surface area contributed by atoms with Gasteiger partial charge in [0.25, 0.3) is 11.5 Å². The van der Waals surface area contributed by atoms with Crippen LogP contribution < -0.4 is 15.8 Å². The van der Waals surface area contributed by atoms with E-state index in [2.05, 4.69) is 25.3 Å². The Morgan fingerprint density at radius 1 is 1.20 bits per heavy atom. The highest BCUT2D eigenvalue weighted by atomic mass is 16.2. The van der Waals surface area contributed by atoms with Crippen LogP contribution in [-0.4, -0.2) is 38.7 Å². The van der Waals surface area contributed by atoms with Gasteiger partial charge in [0.2, 0.25) is 5.95 Å². The van der Waals surface area contributed by atoms with Crippen molar-refractivity contribution in [2.75, 3.05) is 18.0 Å². The lowest BCUT2D eigenvalue weighted by Gasteiger charge is -2.27. The van der Waals surface area contributed by atoms with E-state index in [0.29, 0.717) is 0 Å². The highest BCUT2D eigenvalue weighted by Crippen LogP contribution is 2.16. The summed E-state index contributed by atoms with van der Waals surface area (Å²) in [5, 5.41) is 6.74. The molecule has 0 saturated carbocycles. The minimum Gasteiger partial charge on any atom is -0.345 e. The zero-order valence-electron chi connectivity index (χ0n) is 14.5. The van der Waals surface area contributed by atoms with Crippen LogP contribution in [0.1, 0.15) is 41.1 Å². The molecule has 0 aliphatic carbocycles. The van der Waals surface area contributed by atoms with E-state index >= 15 is 0 Å². The molecule has 132 valence electrons. The summed E-state index contributed by atoms with van der Waals surface area (Å²) in [4.78, 5) is 34.8. The van der Waals surface area contributed by atoms with Gasteiger partial charge in [0.15, 0.2) is 0 Å². The lowest BCUT2D eigenvalue weighted by atomic mass is 10.1. The summed E-state index contributed by atoms with van der Waals surface area (Å²) in [5.41, 5.74) is 1.57. The Hall–Kier alpha value is -2.77. The molecule has 3 rings (SSSR count). The number of anilines is 1. The Morgan fingerprint density at radius 3 is 2.68 bits per heavy atom. The number of aromatic nitrogens is 4. The third-order valence-corrected chi connectivity index (χ3v) is 4.16. The van der Waals surface area contributed by atoms with Gasteiger partial charge in [-0.1, -0.05) is 0 Å². The van der Waals surface area contributed by atoms with Gasteiger partial charge in [0.1, 0.15) is 5.69 Å². The first kappa shape index (κ1) is 17.1. The van der Waals surface area contributed by atoms with E-state index in [-0.39, 0.29) is 23.7 Å². The molecule has 8 nitrogen and oxygen atoms in total. The van der Waals surface area contributed by atoms with Gasteiger partial charge in [-0.3, -0.25) is 9.59 Å². The summed E-state index contributed by atoms with van der Waals surface area (Å²) >= 11 is 0. The van der Waals surface area contributed by atoms with E-state index in [1.54, 1.807) is 0 Å². The molecule has 25 heavy (non-hydrogen) atoms. The summed E-state index contributed by atoms with van der Waals surface area (Å²) in [6.07, 6.45) is 3.56. The van der Waals surface area contributed by atoms with Crippen molar-refractivity contribution in [1.29, 1.82) is 0 Å². The van der Waals surface area contributed by atoms with Crippen LogP contribution in [0.5, 0.6) is 0 Å². The zero-order chi connectivity index (χ0) is 17.8. The minimum absolute atomic E-state index is 0.198. The lowest BCUT2D eigenvalue weighted by molar-refractivity contribution is 0.0943. The van der Waals surface area contributed by atoms with Crippen LogP contribution in [0.4, 0.5) is 5.95 Å². The van der Waals surface area contributed by atoms with E-state index < -0.39 is 0 Å². The molecule has 1 fully saturated rings. The van der Waals surface area contributed by atoms with Crippen molar-refractivity contribution in [2.24, 2.45) is 7.05 Å². The van der Waals surface area contributed by atoms with Crippen LogP contribution in [0.3, 0.4) is 0 Å². The SMILES string of the molecule is Cc1cc(CNC(=O)c2ccc(=O)n(C)n2)nc(N2CCCCC2)n1. The number of hydrogen-bond acceptors (Lipinski definition) is 6. The average molecular weight is 342 g/mol. The normalized spacial score (nSPS) is 14.4. The molecule has 2 aromatic heterocycles. The molecule has 1 aliphatic rings. The lowest BCUT2D eigenvalue weighted by Crippen LogP contribution is -2.32. The number of hydrogen-bond donors (Lipinski definition) is 1. The predicted octanol–water partition coefficient (Wildman–Crippen LogP) is 0.799. The predicted molar refractivity (Wildman–Crippen MR) is 93.5 cm³/mol. The molecule has 8 heteroatoms. The van der Waals surface area contributed by atoms with Gasteiger partial charge in [-0.25, -0.2) is 14.6 Å². The molecule has 0 aromatic carbocycles. The van der Waals surface area contributed by atoms with Crippen molar-refractivity contribution >= 4 is 11.9 Å². The van der Waals surface area contributed by atoms with Crippen LogP contribution >= 0.6 is 0 Å². The van der Waals surface area contributed by atoms with Gasteiger partial charge in [-0.15, -0.1) is 0 Å². The average Bonchev–Trinajstić information content (AvgIpc) is 2.62. The van der Waals surface area contributed by atoms with Crippen molar-refractivity contribution in [1.82, 2.24) is 25.1 Å². The maximum Gasteiger partial charge on any atom is 0.272 e. The fourth-order valence-electron chi connectivity index (χ4n) is 2.83. The van der Waals surface area contributed by atoms with E-state index in [9.17, 15) is 9.59 Å². The first-order chi connectivity index (χ1) is 12.0. The zero-order valence-corrected chi connectivity index (χ0v) is 14.5. The highest BCUT2D eigenvalue weighted by Gasteiger charge is 2.15. The Balaban J connectivity index is 1.69. The number of carbonyl (C=O) groups excluding carboxylic acids is 1. The summed E-state index contributed by atoms with van der Waals surface area (Å²) in [5.74, 6) is 0.385. The molecule has 0 atom stereocenters. The van der Waals surface area contributed by atoms with Crippen molar-refractivity contribution in [3.8, 4) is 0 Å². The second-order valence-electron chi connectivity index (χ2n) is 6.21. The fourth-order valence-corrected chi connectivity index (χ4v) is 2.83. The summed E-state index contributed by atoms with van der Waals surface area (Å²) in [6, 6.07) is 4.61. The molecule has 2 aromatic rings. The van der Waals surface area contributed by atoms with E-state index in [1.807, 2.05) is 13.0 Å². The van der Waals surface area contributed by atoms with Gasteiger partial charge in [0.05, 0.1) is 12.2 Å². The number of piperidine rings is 1. The summed E-state index contributed by atoms with van der Waals surface area (Å²) in [6.45, 7) is 4.15. The molecular weight excluding hydrogens is 320 g/mol. The van der Waals surface area contributed by atoms with Crippen molar-refractivity contribution in [3.05, 3.63) is 45.6 Å². The third-order valence-electron chi connectivity index (χ3n) is 4.16. The topological polar surface area (TPSA) is 93.0 Å². The smallest absolute Gasteiger partial charge is 0.272 e. The quantitative estimate of drug-likeness (QED) is 0.883. The van der Waals surface area contributed by atoms with Crippen LogP contribution in [0.2, 0.25) is 0 Å². The molecule has 0 bridgehead atoms. The number of nitrogens with zero attached hydrogens (tertiary/aromatic N) is 5. The minimum atomic E-state index is -0.341. The number of nitrogens with one attached hydrogen (secondary N) is 1. The fraction of sp³-hybridized carbons (Fsp3) is 0.471. The number of amides is 1. The van der Waals surface area contributed by atoms with E-state index in [1.165, 1.54) is 25.6 Å². The third kappa shape index (κ3) is 4.20. The Kier molecular flexibility index (Phi) is 5.06. The Bertz CT molecular complexity index is 826. The molecule has 3 heterocycles. The van der Waals surface area contributed by atoms with Crippen molar-refractivity contribution in [2.45, 2.75) is 32.7 Å².